The molecule has 0 saturated carbocycles. The summed E-state index contributed by atoms with van der Waals surface area (Å²) in [4.78, 5) is 36.1. The number of quaternary nitrogens is 1. The number of carbonyl (C=O) groups excluding carboxylic acids is 1. The van der Waals surface area contributed by atoms with Gasteiger partial charge in [-0.2, -0.15) is 0 Å². The zero-order chi connectivity index (χ0) is 23.2. The summed E-state index contributed by atoms with van der Waals surface area (Å²) in [5, 5.41) is 31.7. The minimum atomic E-state index is -1.40. The Labute approximate surface area is 181 Å². The van der Waals surface area contributed by atoms with Crippen LogP contribution in [0.25, 0.3) is 0 Å². The Hall–Kier alpha value is -1.89. The normalized spacial score (nSPS) is 16.7. The first kappa shape index (κ1) is 28.1. The van der Waals surface area contributed by atoms with E-state index in [1.165, 1.54) is 25.7 Å². The third-order valence-corrected chi connectivity index (χ3v) is 6.06. The summed E-state index contributed by atoms with van der Waals surface area (Å²) in [6, 6.07) is -3.51. The number of aliphatic carboxylic acids is 3. The number of carboxylic acid groups (broad SMARTS) is 3. The third-order valence-electron chi connectivity index (χ3n) is 6.06. The Bertz CT molecular complexity index is 505. The molecule has 0 aromatic heterocycles. The van der Waals surface area contributed by atoms with E-state index in [4.69, 9.17) is 0 Å². The first-order valence-electron chi connectivity index (χ1n) is 11.4. The van der Waals surface area contributed by atoms with Gasteiger partial charge in [0.2, 0.25) is 0 Å². The highest BCUT2D eigenvalue weighted by atomic mass is 16.4. The van der Waals surface area contributed by atoms with Gasteiger partial charge in [-0.3, -0.25) is 4.48 Å². The number of unbranched alkanes of at least 4 members (excludes halogenated alkanes) is 6. The van der Waals surface area contributed by atoms with E-state index >= 15 is 0 Å². The fourth-order valence-electron chi connectivity index (χ4n) is 4.59. The average molecular weight is 428 g/mol. The molecule has 174 valence electrons. The van der Waals surface area contributed by atoms with E-state index in [2.05, 4.69) is 6.92 Å². The van der Waals surface area contributed by atoms with Gasteiger partial charge in [0, 0.05) is 19.3 Å². The van der Waals surface area contributed by atoms with E-state index in [0.29, 0.717) is 0 Å². The molecule has 2 N–H and O–H groups in total. The van der Waals surface area contributed by atoms with Crippen LogP contribution in [0, 0.1) is 0 Å². The molecule has 7 heteroatoms. The Kier molecular flexibility index (Phi) is 14.0. The van der Waals surface area contributed by atoms with Crippen molar-refractivity contribution >= 4 is 17.9 Å². The van der Waals surface area contributed by atoms with Crippen LogP contribution < -0.4 is 5.11 Å². The molecule has 7 nitrogen and oxygen atoms in total. The molecule has 0 saturated heterocycles. The van der Waals surface area contributed by atoms with Crippen LogP contribution in [0.5, 0.6) is 0 Å². The van der Waals surface area contributed by atoms with Gasteiger partial charge >= 0.3 is 11.9 Å². The zero-order valence-corrected chi connectivity index (χ0v) is 19.1. The molecule has 0 fully saturated rings. The monoisotopic (exact) mass is 427 g/mol. The molecule has 3 atom stereocenters. The van der Waals surface area contributed by atoms with E-state index < -0.39 is 40.5 Å². The predicted octanol–water partition coefficient (Wildman–Crippen LogP) is 3.36. The molecule has 30 heavy (non-hydrogen) atoms. The number of hydrogen-bond donors (Lipinski definition) is 2. The van der Waals surface area contributed by atoms with Crippen LogP contribution in [0.1, 0.15) is 91.9 Å². The maximum atomic E-state index is 12.1. The van der Waals surface area contributed by atoms with E-state index in [0.717, 1.165) is 19.3 Å². The molecular weight excluding hydrogens is 386 g/mol. The Morgan fingerprint density at radius 2 is 1.23 bits per heavy atom. The van der Waals surface area contributed by atoms with Gasteiger partial charge < -0.3 is 20.1 Å². The SMILES string of the molecule is CCCCCCCC/C=C/C[N+](C(CC)C(=O)[O-])(C(CC)C(=O)O)C(CC)C(=O)O. The lowest BCUT2D eigenvalue weighted by atomic mass is 9.94. The predicted molar refractivity (Wildman–Crippen MR) is 115 cm³/mol. The van der Waals surface area contributed by atoms with Gasteiger partial charge in [0.25, 0.3) is 0 Å². The Morgan fingerprint density at radius 1 is 0.767 bits per heavy atom. The van der Waals surface area contributed by atoms with Gasteiger partial charge in [0.1, 0.15) is 6.04 Å². The minimum Gasteiger partial charge on any atom is -0.544 e. The summed E-state index contributed by atoms with van der Waals surface area (Å²) in [6.07, 6.45) is 11.8. The number of allylic oxidation sites excluding steroid dienone is 1. The molecule has 0 amide bonds. The minimum absolute atomic E-state index is 0.0396. The van der Waals surface area contributed by atoms with Crippen LogP contribution in [0.3, 0.4) is 0 Å². The van der Waals surface area contributed by atoms with Crippen LogP contribution in [-0.4, -0.2) is 57.3 Å². The second-order valence-corrected chi connectivity index (χ2v) is 7.97. The number of hydrogen-bond acceptors (Lipinski definition) is 4. The molecule has 0 rings (SSSR count). The summed E-state index contributed by atoms with van der Waals surface area (Å²) in [5.74, 6) is -3.76. The highest BCUT2D eigenvalue weighted by Gasteiger charge is 2.53. The van der Waals surface area contributed by atoms with E-state index in [1.54, 1.807) is 26.8 Å². The summed E-state index contributed by atoms with van der Waals surface area (Å²) in [7, 11) is 0. The molecule has 0 aliphatic heterocycles. The molecule has 0 spiro atoms. The summed E-state index contributed by atoms with van der Waals surface area (Å²) >= 11 is 0. The van der Waals surface area contributed by atoms with Crippen molar-refractivity contribution in [1.29, 1.82) is 0 Å². The fraction of sp³-hybridized carbons (Fsp3) is 0.783. The lowest BCUT2D eigenvalue weighted by Gasteiger charge is -2.51. The van der Waals surface area contributed by atoms with Gasteiger partial charge in [0.15, 0.2) is 12.1 Å². The summed E-state index contributed by atoms with van der Waals surface area (Å²) < 4.78 is -0.552. The van der Waals surface area contributed by atoms with Crippen LogP contribution >= 0.6 is 0 Å². The number of carbonyl (C=O) groups is 3. The van der Waals surface area contributed by atoms with Crippen LogP contribution in [-0.2, 0) is 14.4 Å². The summed E-state index contributed by atoms with van der Waals surface area (Å²) in [5.41, 5.74) is 0. The smallest absolute Gasteiger partial charge is 0.362 e. The molecular formula is C23H41NO6. The Balaban J connectivity index is 5.78. The van der Waals surface area contributed by atoms with Crippen LogP contribution in [0.4, 0.5) is 0 Å². The molecule has 0 aliphatic rings. The highest BCUT2D eigenvalue weighted by molar-refractivity contribution is 5.77. The molecule has 0 aromatic rings. The zero-order valence-electron chi connectivity index (χ0n) is 19.1. The van der Waals surface area contributed by atoms with Crippen molar-refractivity contribution in [3.8, 4) is 0 Å². The number of nitrogens with zero attached hydrogens (tertiary/aromatic N) is 1. The van der Waals surface area contributed by atoms with Crippen LogP contribution in [0.15, 0.2) is 12.2 Å². The Morgan fingerprint density at radius 3 is 1.63 bits per heavy atom. The largest absolute Gasteiger partial charge is 0.544 e. The highest BCUT2D eigenvalue weighted by Crippen LogP contribution is 2.31. The standard InChI is InChI=1S/C23H41NO6/c1-5-9-10-11-12-13-14-15-16-17-24(18(6-2)21(25)26,19(7-3)22(27)28)20(8-4)23(29)30/h15-16,18-20H,5-14,17H2,1-4H3,(H2-,25,26,27,28,29,30)/b16-15+. The van der Waals surface area contributed by atoms with E-state index in [9.17, 15) is 29.7 Å². The van der Waals surface area contributed by atoms with Crippen LogP contribution in [0.2, 0.25) is 0 Å². The maximum Gasteiger partial charge on any atom is 0.362 e. The van der Waals surface area contributed by atoms with Gasteiger partial charge in [-0.25, -0.2) is 9.59 Å². The lowest BCUT2D eigenvalue weighted by molar-refractivity contribution is -0.969. The first-order chi connectivity index (χ1) is 14.2. The number of carboxylic acids is 3. The number of rotatable bonds is 18. The van der Waals surface area contributed by atoms with Gasteiger partial charge in [0.05, 0.1) is 12.5 Å². The van der Waals surface area contributed by atoms with Gasteiger partial charge in [-0.1, -0.05) is 65.9 Å². The molecule has 0 bridgehead atoms. The second kappa shape index (κ2) is 15.0. The van der Waals surface area contributed by atoms with Crippen molar-refractivity contribution < 1.29 is 34.2 Å². The molecule has 0 aliphatic carbocycles. The van der Waals surface area contributed by atoms with E-state index in [-0.39, 0.29) is 25.8 Å². The maximum absolute atomic E-state index is 12.1. The topological polar surface area (TPSA) is 115 Å². The molecule has 0 heterocycles. The first-order valence-corrected chi connectivity index (χ1v) is 11.4. The van der Waals surface area contributed by atoms with Crippen molar-refractivity contribution in [3.63, 3.8) is 0 Å². The lowest BCUT2D eigenvalue weighted by Crippen LogP contribution is -2.73. The summed E-state index contributed by atoms with van der Waals surface area (Å²) in [6.45, 7) is 7.16. The molecule has 0 aromatic carbocycles. The van der Waals surface area contributed by atoms with Crippen molar-refractivity contribution in [1.82, 2.24) is 0 Å². The van der Waals surface area contributed by atoms with Crippen molar-refractivity contribution in [2.45, 2.75) is 110 Å². The average Bonchev–Trinajstić information content (AvgIpc) is 2.67. The quantitative estimate of drug-likeness (QED) is 0.197. The van der Waals surface area contributed by atoms with Crippen molar-refractivity contribution in [2.75, 3.05) is 6.54 Å². The fourth-order valence-corrected chi connectivity index (χ4v) is 4.59. The second-order valence-electron chi connectivity index (χ2n) is 7.97. The van der Waals surface area contributed by atoms with Crippen molar-refractivity contribution in [3.05, 3.63) is 12.2 Å². The van der Waals surface area contributed by atoms with E-state index in [1.807, 2.05) is 6.08 Å². The third kappa shape index (κ3) is 7.74. The van der Waals surface area contributed by atoms with Gasteiger partial charge in [-0.15, -0.1) is 0 Å². The molecule has 0 radical (unpaired) electrons. The molecule has 3 unspecified atom stereocenters. The van der Waals surface area contributed by atoms with Crippen molar-refractivity contribution in [2.24, 2.45) is 0 Å². The van der Waals surface area contributed by atoms with Gasteiger partial charge in [-0.05, 0) is 18.9 Å².